The number of benzene rings is 1. The van der Waals surface area contributed by atoms with Crippen LogP contribution in [-0.2, 0) is 10.2 Å². The minimum absolute atomic E-state index is 0.122. The summed E-state index contributed by atoms with van der Waals surface area (Å²) in [6.45, 7) is 6.03. The Morgan fingerprint density at radius 2 is 1.96 bits per heavy atom. The number of carbonyl (C=O) groups excluding carboxylic acids is 2. The van der Waals surface area contributed by atoms with Gasteiger partial charge in [-0.1, -0.05) is 42.8 Å². The molecule has 2 N–H and O–H groups in total. The van der Waals surface area contributed by atoms with Gasteiger partial charge in [0.1, 0.15) is 5.75 Å². The monoisotopic (exact) mass is 410 g/mol. The molecule has 0 aliphatic rings. The third kappa shape index (κ3) is 5.07. The van der Waals surface area contributed by atoms with E-state index in [1.54, 1.807) is 17.5 Å². The van der Waals surface area contributed by atoms with Gasteiger partial charge >= 0.3 is 0 Å². The van der Waals surface area contributed by atoms with Gasteiger partial charge in [0.25, 0.3) is 11.8 Å². The summed E-state index contributed by atoms with van der Waals surface area (Å²) in [6, 6.07) is 9.11. The Labute approximate surface area is 153 Å². The van der Waals surface area contributed by atoms with Crippen LogP contribution < -0.4 is 15.6 Å². The molecule has 2 aromatic rings. The van der Waals surface area contributed by atoms with Crippen molar-refractivity contribution in [1.29, 1.82) is 0 Å². The second kappa shape index (κ2) is 7.81. The van der Waals surface area contributed by atoms with E-state index in [1.807, 2.05) is 18.2 Å². The van der Waals surface area contributed by atoms with Crippen molar-refractivity contribution in [3.05, 3.63) is 50.6 Å². The van der Waals surface area contributed by atoms with Gasteiger partial charge in [0.2, 0.25) is 0 Å². The average Bonchev–Trinajstić information content (AvgIpc) is 3.05. The summed E-state index contributed by atoms with van der Waals surface area (Å²) in [6.07, 6.45) is 0. The van der Waals surface area contributed by atoms with E-state index in [4.69, 9.17) is 4.74 Å². The first-order valence-electron chi connectivity index (χ1n) is 7.33. The Morgan fingerprint density at radius 1 is 1.21 bits per heavy atom. The largest absolute Gasteiger partial charge is 0.483 e. The van der Waals surface area contributed by atoms with Crippen molar-refractivity contribution in [2.45, 2.75) is 26.2 Å². The Balaban J connectivity index is 1.91. The maximum atomic E-state index is 11.9. The molecule has 0 aliphatic carbocycles. The van der Waals surface area contributed by atoms with Crippen molar-refractivity contribution >= 4 is 39.1 Å². The third-order valence-corrected chi connectivity index (χ3v) is 4.53. The fraction of sp³-hybridized carbons (Fsp3) is 0.294. The van der Waals surface area contributed by atoms with Crippen LogP contribution in [0.1, 0.15) is 36.0 Å². The second-order valence-corrected chi connectivity index (χ2v) is 8.02. The molecule has 0 radical (unpaired) electrons. The first kappa shape index (κ1) is 18.5. The molecule has 7 heteroatoms. The zero-order valence-electron chi connectivity index (χ0n) is 13.7. The van der Waals surface area contributed by atoms with E-state index in [-0.39, 0.29) is 17.9 Å². The molecule has 1 heterocycles. The molecule has 0 saturated carbocycles. The van der Waals surface area contributed by atoms with E-state index in [9.17, 15) is 9.59 Å². The zero-order valence-corrected chi connectivity index (χ0v) is 16.1. The Hall–Kier alpha value is -1.86. The maximum Gasteiger partial charge on any atom is 0.279 e. The second-order valence-electron chi connectivity index (χ2n) is 6.16. The molecule has 0 atom stereocenters. The number of carbonyl (C=O) groups is 2. The molecule has 0 saturated heterocycles. The van der Waals surface area contributed by atoms with Crippen molar-refractivity contribution in [1.82, 2.24) is 10.9 Å². The van der Waals surface area contributed by atoms with E-state index < -0.39 is 5.91 Å². The van der Waals surface area contributed by atoms with Crippen LogP contribution in [0.3, 0.4) is 0 Å². The highest BCUT2D eigenvalue weighted by atomic mass is 79.9. The number of halogens is 1. The maximum absolute atomic E-state index is 11.9. The van der Waals surface area contributed by atoms with Crippen molar-refractivity contribution in [3.63, 3.8) is 0 Å². The molecule has 1 aromatic heterocycles. The molecule has 5 nitrogen and oxygen atoms in total. The van der Waals surface area contributed by atoms with Gasteiger partial charge in [-0.05, 0) is 35.1 Å². The van der Waals surface area contributed by atoms with Gasteiger partial charge < -0.3 is 4.74 Å². The van der Waals surface area contributed by atoms with Crippen molar-refractivity contribution in [2.75, 3.05) is 6.61 Å². The van der Waals surface area contributed by atoms with Crippen molar-refractivity contribution in [2.24, 2.45) is 0 Å². The number of nitrogens with one attached hydrogen (secondary N) is 2. The van der Waals surface area contributed by atoms with Gasteiger partial charge in [-0.15, -0.1) is 11.3 Å². The van der Waals surface area contributed by atoms with Gasteiger partial charge in [0, 0.05) is 10.0 Å². The summed E-state index contributed by atoms with van der Waals surface area (Å²) in [7, 11) is 0. The van der Waals surface area contributed by atoms with E-state index in [2.05, 4.69) is 47.6 Å². The quantitative estimate of drug-likeness (QED) is 0.755. The molecule has 0 spiro atoms. The highest BCUT2D eigenvalue weighted by Gasteiger charge is 2.20. The molecule has 24 heavy (non-hydrogen) atoms. The van der Waals surface area contributed by atoms with Gasteiger partial charge in [0.05, 0.1) is 4.88 Å². The number of hydrogen-bond donors (Lipinski definition) is 2. The SMILES string of the molecule is CC(C)(C)c1cc(Br)ccc1OCC(=O)NNC(=O)c1cccs1. The Morgan fingerprint density at radius 3 is 2.58 bits per heavy atom. The molecule has 1 aromatic carbocycles. The van der Waals surface area contributed by atoms with E-state index >= 15 is 0 Å². The fourth-order valence-electron chi connectivity index (χ4n) is 1.99. The topological polar surface area (TPSA) is 67.4 Å². The van der Waals surface area contributed by atoms with Crippen LogP contribution in [0.5, 0.6) is 5.75 Å². The van der Waals surface area contributed by atoms with E-state index in [1.165, 1.54) is 11.3 Å². The van der Waals surface area contributed by atoms with Gasteiger partial charge in [-0.25, -0.2) is 0 Å². The van der Waals surface area contributed by atoms with Crippen LogP contribution in [0.2, 0.25) is 0 Å². The lowest BCUT2D eigenvalue weighted by Crippen LogP contribution is -2.43. The van der Waals surface area contributed by atoms with Crippen LogP contribution in [0, 0.1) is 0 Å². The van der Waals surface area contributed by atoms with Crippen LogP contribution in [0.4, 0.5) is 0 Å². The number of hydrazine groups is 1. The van der Waals surface area contributed by atoms with E-state index in [0.717, 1.165) is 10.0 Å². The van der Waals surface area contributed by atoms with Crippen LogP contribution in [0.25, 0.3) is 0 Å². The molecular weight excluding hydrogens is 392 g/mol. The lowest BCUT2D eigenvalue weighted by molar-refractivity contribution is -0.123. The van der Waals surface area contributed by atoms with Crippen molar-refractivity contribution < 1.29 is 14.3 Å². The number of hydrogen-bond acceptors (Lipinski definition) is 4. The molecule has 0 unspecified atom stereocenters. The summed E-state index contributed by atoms with van der Waals surface area (Å²) < 4.78 is 6.57. The highest BCUT2D eigenvalue weighted by molar-refractivity contribution is 9.10. The van der Waals surface area contributed by atoms with Crippen molar-refractivity contribution in [3.8, 4) is 5.75 Å². The third-order valence-electron chi connectivity index (χ3n) is 3.17. The minimum Gasteiger partial charge on any atom is -0.483 e. The average molecular weight is 411 g/mol. The zero-order chi connectivity index (χ0) is 17.7. The van der Waals surface area contributed by atoms with Crippen LogP contribution >= 0.6 is 27.3 Å². The summed E-state index contributed by atoms with van der Waals surface area (Å²) in [5.41, 5.74) is 5.57. The van der Waals surface area contributed by atoms with Gasteiger partial charge in [-0.2, -0.15) is 0 Å². The molecule has 0 aliphatic heterocycles. The first-order valence-corrected chi connectivity index (χ1v) is 9.00. The molecule has 2 amide bonds. The summed E-state index contributed by atoms with van der Waals surface area (Å²) in [5.74, 6) is -0.134. The number of thiophene rings is 1. The Kier molecular flexibility index (Phi) is 6.01. The number of rotatable bonds is 4. The summed E-state index contributed by atoms with van der Waals surface area (Å²) in [5, 5.41) is 1.79. The Bertz CT molecular complexity index is 724. The predicted molar refractivity (Wildman–Crippen MR) is 98.3 cm³/mol. The number of ether oxygens (including phenoxy) is 1. The predicted octanol–water partition coefficient (Wildman–Crippen LogP) is 3.65. The molecular formula is C17H19BrN2O3S. The highest BCUT2D eigenvalue weighted by Crippen LogP contribution is 2.33. The molecule has 0 bridgehead atoms. The number of amides is 2. The van der Waals surface area contributed by atoms with Gasteiger partial charge in [0.15, 0.2) is 6.61 Å². The fourth-order valence-corrected chi connectivity index (χ4v) is 2.97. The minimum atomic E-state index is -0.428. The normalized spacial score (nSPS) is 11.0. The van der Waals surface area contributed by atoms with Crippen LogP contribution in [-0.4, -0.2) is 18.4 Å². The standard InChI is InChI=1S/C17H19BrN2O3S/c1-17(2,3)12-9-11(18)6-7-13(12)23-10-15(21)19-20-16(22)14-5-4-8-24-14/h4-9H,10H2,1-3H3,(H,19,21)(H,20,22). The lowest BCUT2D eigenvalue weighted by Gasteiger charge is -2.23. The van der Waals surface area contributed by atoms with E-state index in [0.29, 0.717) is 10.6 Å². The molecule has 2 rings (SSSR count). The summed E-state index contributed by atoms with van der Waals surface area (Å²) >= 11 is 4.75. The lowest BCUT2D eigenvalue weighted by atomic mass is 9.86. The molecule has 128 valence electrons. The first-order chi connectivity index (χ1) is 11.3. The van der Waals surface area contributed by atoms with Gasteiger partial charge in [-0.3, -0.25) is 20.4 Å². The summed E-state index contributed by atoms with van der Waals surface area (Å²) in [4.78, 5) is 24.1. The smallest absolute Gasteiger partial charge is 0.279 e. The molecule has 0 fully saturated rings. The van der Waals surface area contributed by atoms with Crippen LogP contribution in [0.15, 0.2) is 40.2 Å².